The highest BCUT2D eigenvalue weighted by atomic mass is 16.8. The summed E-state index contributed by atoms with van der Waals surface area (Å²) < 4.78 is 63.7. The van der Waals surface area contributed by atoms with Crippen LogP contribution in [0.4, 0.5) is 0 Å². The zero-order valence-electron chi connectivity index (χ0n) is 31.8. The van der Waals surface area contributed by atoms with Crippen LogP contribution in [0.1, 0.15) is 55.3 Å². The molecule has 4 rings (SSSR count). The summed E-state index contributed by atoms with van der Waals surface area (Å²) in [4.78, 5) is 88.7. The van der Waals surface area contributed by atoms with Crippen molar-refractivity contribution in [2.75, 3.05) is 19.8 Å². The highest BCUT2D eigenvalue weighted by Gasteiger charge is 2.58. The lowest BCUT2D eigenvalue weighted by atomic mass is 9.95. The van der Waals surface area contributed by atoms with E-state index in [2.05, 4.69) is 6.58 Å². The molecular formula is C39H44O18. The minimum atomic E-state index is -1.85. The number of carbonyl (C=O) groups excluding carboxylic acids is 7. The van der Waals surface area contributed by atoms with E-state index >= 15 is 0 Å². The first kappa shape index (κ1) is 44.0. The number of rotatable bonds is 16. The van der Waals surface area contributed by atoms with Crippen LogP contribution in [-0.2, 0) is 76.1 Å². The van der Waals surface area contributed by atoms with E-state index in [1.165, 1.54) is 30.3 Å². The number of hydrogen-bond donors (Lipinski definition) is 0. The Hall–Kier alpha value is -5.69. The van der Waals surface area contributed by atoms with Crippen LogP contribution >= 0.6 is 0 Å². The van der Waals surface area contributed by atoms with Gasteiger partial charge in [-0.15, -0.1) is 6.58 Å². The Labute approximate surface area is 327 Å². The number of ether oxygens (including phenoxy) is 11. The number of esters is 7. The summed E-state index contributed by atoms with van der Waals surface area (Å²) in [5, 5.41) is 0. The van der Waals surface area contributed by atoms with Gasteiger partial charge in [-0.05, 0) is 24.3 Å². The molecule has 2 saturated heterocycles. The van der Waals surface area contributed by atoms with E-state index in [0.717, 1.165) is 34.6 Å². The molecule has 2 aliphatic heterocycles. The third-order valence-electron chi connectivity index (χ3n) is 8.15. The zero-order chi connectivity index (χ0) is 41.6. The first-order valence-corrected chi connectivity index (χ1v) is 17.7. The van der Waals surface area contributed by atoms with Gasteiger partial charge in [0.1, 0.15) is 31.5 Å². The molecule has 308 valence electrons. The standard InChI is InChI=1S/C39H44O18/c1-7-18-47-38-34(56-37(46)27-16-12-9-13-17-27)33(31(51-23(4)42)29(54-38)20-49-36(45)26-14-10-8-11-15-26)57-39-35(53-25(6)44)32(52-24(5)43)30(50-22(3)41)28(55-39)19-48-21(2)40/h7-17,28-35,38-39H,1,18-20H2,2-6H3/t28-,29-,30+,31-,32+,33+,34-,35-,38+,39+/m1/s1. The molecular weight excluding hydrogens is 756 g/mol. The second kappa shape index (κ2) is 21.0. The number of hydrogen-bond acceptors (Lipinski definition) is 18. The summed E-state index contributed by atoms with van der Waals surface area (Å²) in [5.41, 5.74) is 0.283. The van der Waals surface area contributed by atoms with Crippen molar-refractivity contribution in [1.29, 1.82) is 0 Å². The normalized spacial score (nSPS) is 26.8. The van der Waals surface area contributed by atoms with Crippen molar-refractivity contribution in [2.45, 2.75) is 96.0 Å². The fourth-order valence-electron chi connectivity index (χ4n) is 5.96. The topological polar surface area (TPSA) is 221 Å². The smallest absolute Gasteiger partial charge is 0.338 e. The highest BCUT2D eigenvalue weighted by Crippen LogP contribution is 2.36. The second-order valence-electron chi connectivity index (χ2n) is 12.6. The Morgan fingerprint density at radius 1 is 0.526 bits per heavy atom. The van der Waals surface area contributed by atoms with Gasteiger partial charge >= 0.3 is 41.8 Å². The Morgan fingerprint density at radius 3 is 1.47 bits per heavy atom. The van der Waals surface area contributed by atoms with Crippen LogP contribution in [0, 0.1) is 0 Å². The van der Waals surface area contributed by atoms with E-state index in [0.29, 0.717) is 0 Å². The van der Waals surface area contributed by atoms with Crippen molar-refractivity contribution in [1.82, 2.24) is 0 Å². The number of benzene rings is 2. The Balaban J connectivity index is 1.85. The lowest BCUT2D eigenvalue weighted by Crippen LogP contribution is -2.67. The fourth-order valence-corrected chi connectivity index (χ4v) is 5.96. The van der Waals surface area contributed by atoms with Gasteiger partial charge in [0.05, 0.1) is 17.7 Å². The molecule has 18 nitrogen and oxygen atoms in total. The molecule has 0 spiro atoms. The van der Waals surface area contributed by atoms with Crippen LogP contribution < -0.4 is 0 Å². The van der Waals surface area contributed by atoms with E-state index in [1.807, 2.05) is 0 Å². The van der Waals surface area contributed by atoms with Gasteiger partial charge in [0.15, 0.2) is 43.1 Å². The molecule has 0 unspecified atom stereocenters. The molecule has 0 saturated carbocycles. The summed E-state index contributed by atoms with van der Waals surface area (Å²) in [6.45, 7) is 7.63. The summed E-state index contributed by atoms with van der Waals surface area (Å²) in [6.07, 6.45) is -14.7. The Morgan fingerprint density at radius 2 is 0.965 bits per heavy atom. The molecule has 0 aromatic heterocycles. The van der Waals surface area contributed by atoms with Crippen LogP contribution in [0.3, 0.4) is 0 Å². The summed E-state index contributed by atoms with van der Waals surface area (Å²) in [5.74, 6) is -6.00. The molecule has 0 bridgehead atoms. The minimum absolute atomic E-state index is 0.0916. The van der Waals surface area contributed by atoms with Gasteiger partial charge in [0.25, 0.3) is 0 Å². The van der Waals surface area contributed by atoms with Crippen LogP contribution in [-0.4, -0.2) is 123 Å². The maximum atomic E-state index is 13.6. The van der Waals surface area contributed by atoms with Crippen molar-refractivity contribution < 1.29 is 85.7 Å². The van der Waals surface area contributed by atoms with Crippen LogP contribution in [0.25, 0.3) is 0 Å². The molecule has 18 heteroatoms. The van der Waals surface area contributed by atoms with Crippen molar-refractivity contribution in [3.05, 3.63) is 84.4 Å². The van der Waals surface area contributed by atoms with Gasteiger partial charge in [-0.25, -0.2) is 9.59 Å². The molecule has 2 aliphatic rings. The van der Waals surface area contributed by atoms with Gasteiger partial charge in [0.2, 0.25) is 0 Å². The lowest BCUT2D eigenvalue weighted by Gasteiger charge is -2.48. The van der Waals surface area contributed by atoms with Crippen molar-refractivity contribution in [3.8, 4) is 0 Å². The van der Waals surface area contributed by atoms with Gasteiger partial charge in [-0.1, -0.05) is 42.5 Å². The van der Waals surface area contributed by atoms with Crippen LogP contribution in [0.15, 0.2) is 73.3 Å². The Kier molecular flexibility index (Phi) is 16.2. The van der Waals surface area contributed by atoms with Crippen LogP contribution in [0.2, 0.25) is 0 Å². The minimum Gasteiger partial charge on any atom is -0.463 e. The molecule has 0 radical (unpaired) electrons. The zero-order valence-corrected chi connectivity index (χ0v) is 31.8. The van der Waals surface area contributed by atoms with Crippen molar-refractivity contribution in [3.63, 3.8) is 0 Å². The van der Waals surface area contributed by atoms with Crippen molar-refractivity contribution >= 4 is 41.8 Å². The maximum Gasteiger partial charge on any atom is 0.338 e. The molecule has 2 aromatic carbocycles. The molecule has 57 heavy (non-hydrogen) atoms. The van der Waals surface area contributed by atoms with Gasteiger partial charge in [-0.3, -0.25) is 24.0 Å². The van der Waals surface area contributed by atoms with E-state index in [4.69, 9.17) is 52.1 Å². The summed E-state index contributed by atoms with van der Waals surface area (Å²) >= 11 is 0. The van der Waals surface area contributed by atoms with Crippen LogP contribution in [0.5, 0.6) is 0 Å². The quantitative estimate of drug-likeness (QED) is 0.135. The summed E-state index contributed by atoms with van der Waals surface area (Å²) in [6, 6.07) is 15.8. The lowest BCUT2D eigenvalue weighted by molar-refractivity contribution is -0.359. The third-order valence-corrected chi connectivity index (χ3v) is 8.15. The maximum absolute atomic E-state index is 13.6. The third kappa shape index (κ3) is 12.7. The monoisotopic (exact) mass is 800 g/mol. The SMILES string of the molecule is C=CCO[C@H]1O[C@H](COC(=O)c2ccccc2)[C@@H](OC(C)=O)[C@H](O[C@@H]2O[C@H](COC(C)=O)[C@H](OC(C)=O)[C@H](OC(C)=O)[C@H]2OC(C)=O)[C@H]1OC(=O)c1ccccc1. The second-order valence-corrected chi connectivity index (χ2v) is 12.6. The van der Waals surface area contributed by atoms with E-state index in [1.54, 1.807) is 36.4 Å². The van der Waals surface area contributed by atoms with Gasteiger partial charge < -0.3 is 52.1 Å². The average molecular weight is 801 g/mol. The van der Waals surface area contributed by atoms with Gasteiger partial charge in [0, 0.05) is 34.6 Å². The first-order valence-electron chi connectivity index (χ1n) is 17.7. The highest BCUT2D eigenvalue weighted by molar-refractivity contribution is 5.90. The molecule has 2 fully saturated rings. The molecule has 10 atom stereocenters. The molecule has 0 N–H and O–H groups in total. The van der Waals surface area contributed by atoms with Crippen molar-refractivity contribution in [2.24, 2.45) is 0 Å². The molecule has 0 aliphatic carbocycles. The summed E-state index contributed by atoms with van der Waals surface area (Å²) in [7, 11) is 0. The van der Waals surface area contributed by atoms with E-state index in [-0.39, 0.29) is 17.7 Å². The predicted molar refractivity (Wildman–Crippen MR) is 190 cm³/mol. The van der Waals surface area contributed by atoms with E-state index in [9.17, 15) is 33.6 Å². The first-order chi connectivity index (χ1) is 27.2. The molecule has 2 heterocycles. The average Bonchev–Trinajstić information content (AvgIpc) is 3.16. The molecule has 0 amide bonds. The largest absolute Gasteiger partial charge is 0.463 e. The fraction of sp³-hybridized carbons (Fsp3) is 0.462. The Bertz CT molecular complexity index is 1730. The van der Waals surface area contributed by atoms with Gasteiger partial charge in [-0.2, -0.15) is 0 Å². The van der Waals surface area contributed by atoms with E-state index < -0.39 is 116 Å². The predicted octanol–water partition coefficient (Wildman–Crippen LogP) is 2.40. The molecule has 2 aromatic rings. The number of carbonyl (C=O) groups is 7.